The zero-order valence-electron chi connectivity index (χ0n) is 9.82. The van der Waals surface area contributed by atoms with Crippen molar-refractivity contribution in [1.29, 1.82) is 0 Å². The Bertz CT molecular complexity index is 493. The molecule has 0 aliphatic rings. The second-order valence-corrected chi connectivity index (χ2v) is 3.59. The number of ether oxygens (including phenoxy) is 1. The topological polar surface area (TPSA) is 48.3 Å². The van der Waals surface area contributed by atoms with Crippen molar-refractivity contribution >= 4 is 5.97 Å². The lowest BCUT2D eigenvalue weighted by atomic mass is 10.2. The van der Waals surface area contributed by atoms with Gasteiger partial charge in [-0.3, -0.25) is 4.79 Å². The number of alkyl halides is 3. The van der Waals surface area contributed by atoms with E-state index in [1.54, 1.807) is 6.92 Å². The largest absolute Gasteiger partial charge is 0.464 e. The van der Waals surface area contributed by atoms with Gasteiger partial charge in [-0.15, -0.1) is 0 Å². The molecule has 0 saturated heterocycles. The summed E-state index contributed by atoms with van der Waals surface area (Å²) in [6.07, 6.45) is -3.95. The molecule has 1 aromatic heterocycles. The third kappa shape index (κ3) is 3.12. The molecular weight excluding hydrogens is 251 g/mol. The number of pyridine rings is 1. The van der Waals surface area contributed by atoms with Crippen LogP contribution in [0, 0.1) is 0 Å². The lowest BCUT2D eigenvalue weighted by molar-refractivity contribution is -0.147. The van der Waals surface area contributed by atoms with E-state index in [-0.39, 0.29) is 6.61 Å². The molecule has 1 aromatic rings. The Morgan fingerprint density at radius 3 is 2.56 bits per heavy atom. The van der Waals surface area contributed by atoms with Crippen molar-refractivity contribution in [2.45, 2.75) is 26.1 Å². The highest BCUT2D eigenvalue weighted by Crippen LogP contribution is 2.28. The van der Waals surface area contributed by atoms with Crippen molar-refractivity contribution in [1.82, 2.24) is 4.57 Å². The molecule has 0 amide bonds. The molecule has 1 rings (SSSR count). The van der Waals surface area contributed by atoms with Gasteiger partial charge in [-0.25, -0.2) is 4.79 Å². The molecule has 0 fully saturated rings. The molecule has 7 heteroatoms. The molecule has 1 heterocycles. The predicted octanol–water partition coefficient (Wildman–Crippen LogP) is 1.99. The highest BCUT2D eigenvalue weighted by atomic mass is 19.4. The van der Waals surface area contributed by atoms with Gasteiger partial charge in [0.25, 0.3) is 5.56 Å². The number of halogens is 3. The van der Waals surface area contributed by atoms with Crippen LogP contribution < -0.4 is 5.56 Å². The Balaban J connectivity index is 3.16. The third-order valence-electron chi connectivity index (χ3n) is 2.31. The molecule has 1 atom stereocenters. The average molecular weight is 263 g/mol. The van der Waals surface area contributed by atoms with Crippen molar-refractivity contribution in [3.8, 4) is 0 Å². The number of hydrogen-bond acceptors (Lipinski definition) is 3. The molecule has 18 heavy (non-hydrogen) atoms. The van der Waals surface area contributed by atoms with Crippen LogP contribution >= 0.6 is 0 Å². The Labute approximate surface area is 101 Å². The Morgan fingerprint density at radius 1 is 1.44 bits per heavy atom. The first kappa shape index (κ1) is 14.3. The maximum atomic E-state index is 12.5. The highest BCUT2D eigenvalue weighted by Gasteiger charge is 2.32. The fourth-order valence-corrected chi connectivity index (χ4v) is 1.35. The summed E-state index contributed by atoms with van der Waals surface area (Å²) in [4.78, 5) is 22.8. The Hall–Kier alpha value is -1.79. The van der Waals surface area contributed by atoms with Crippen LogP contribution in [0.25, 0.3) is 0 Å². The van der Waals surface area contributed by atoms with Crippen LogP contribution in [0.5, 0.6) is 0 Å². The van der Waals surface area contributed by atoms with Crippen molar-refractivity contribution in [2.75, 3.05) is 6.61 Å². The summed E-state index contributed by atoms with van der Waals surface area (Å²) in [6, 6.07) is 0.356. The van der Waals surface area contributed by atoms with Gasteiger partial charge < -0.3 is 9.30 Å². The Morgan fingerprint density at radius 2 is 2.06 bits per heavy atom. The Kier molecular flexibility index (Phi) is 4.15. The van der Waals surface area contributed by atoms with Crippen molar-refractivity contribution in [3.05, 3.63) is 34.2 Å². The van der Waals surface area contributed by atoms with Crippen molar-refractivity contribution in [3.63, 3.8) is 0 Å². The van der Waals surface area contributed by atoms with E-state index < -0.39 is 29.3 Å². The van der Waals surface area contributed by atoms with Crippen LogP contribution in [0.1, 0.15) is 25.5 Å². The summed E-state index contributed by atoms with van der Waals surface area (Å²) in [5, 5.41) is 0. The monoisotopic (exact) mass is 263 g/mol. The van der Waals surface area contributed by atoms with E-state index >= 15 is 0 Å². The normalized spacial score (nSPS) is 13.2. The summed E-state index contributed by atoms with van der Waals surface area (Å²) in [7, 11) is 0. The molecule has 0 aliphatic carbocycles. The minimum absolute atomic E-state index is 0.0941. The van der Waals surface area contributed by atoms with Gasteiger partial charge in [-0.1, -0.05) is 0 Å². The van der Waals surface area contributed by atoms with Gasteiger partial charge in [0.15, 0.2) is 0 Å². The molecule has 0 N–H and O–H groups in total. The van der Waals surface area contributed by atoms with E-state index in [1.807, 2.05) is 0 Å². The number of esters is 1. The van der Waals surface area contributed by atoms with E-state index in [4.69, 9.17) is 0 Å². The lowest BCUT2D eigenvalue weighted by Crippen LogP contribution is -2.29. The fraction of sp³-hybridized carbons (Fsp3) is 0.455. The molecular formula is C11H12F3NO3. The first-order chi connectivity index (χ1) is 8.27. The zero-order valence-corrected chi connectivity index (χ0v) is 9.82. The predicted molar refractivity (Wildman–Crippen MR) is 57.0 cm³/mol. The smallest absolute Gasteiger partial charge is 0.417 e. The number of carbonyl (C=O) groups excluding carboxylic acids is 1. The molecule has 0 aliphatic heterocycles. The summed E-state index contributed by atoms with van der Waals surface area (Å²) in [5.74, 6) is -0.751. The van der Waals surface area contributed by atoms with Gasteiger partial charge in [-0.2, -0.15) is 13.2 Å². The molecule has 0 spiro atoms. The lowest BCUT2D eigenvalue weighted by Gasteiger charge is -2.15. The summed E-state index contributed by atoms with van der Waals surface area (Å²) >= 11 is 0. The maximum absolute atomic E-state index is 12.5. The molecule has 0 radical (unpaired) electrons. The quantitative estimate of drug-likeness (QED) is 0.783. The minimum atomic E-state index is -4.57. The van der Waals surface area contributed by atoms with Crippen LogP contribution in [0.2, 0.25) is 0 Å². The fourth-order valence-electron chi connectivity index (χ4n) is 1.35. The second kappa shape index (κ2) is 5.24. The van der Waals surface area contributed by atoms with Gasteiger partial charge in [0, 0.05) is 12.3 Å². The molecule has 0 saturated carbocycles. The molecule has 4 nitrogen and oxygen atoms in total. The van der Waals surface area contributed by atoms with Gasteiger partial charge >= 0.3 is 12.1 Å². The van der Waals surface area contributed by atoms with E-state index in [2.05, 4.69) is 4.74 Å². The van der Waals surface area contributed by atoms with Gasteiger partial charge in [0.05, 0.1) is 12.2 Å². The summed E-state index contributed by atoms with van der Waals surface area (Å²) in [5.41, 5.74) is -1.68. The number of aromatic nitrogens is 1. The van der Waals surface area contributed by atoms with Gasteiger partial charge in [0.2, 0.25) is 0 Å². The standard InChI is InChI=1S/C11H12F3NO3/c1-3-18-10(17)7(2)15-6-8(11(12,13)14)4-5-9(15)16/h4-7H,3H2,1-2H3/t7-/m1/s1. The average Bonchev–Trinajstić information content (AvgIpc) is 2.27. The maximum Gasteiger partial charge on any atom is 0.417 e. The molecule has 100 valence electrons. The number of carbonyl (C=O) groups is 1. The van der Waals surface area contributed by atoms with E-state index in [0.29, 0.717) is 16.8 Å². The second-order valence-electron chi connectivity index (χ2n) is 3.59. The van der Waals surface area contributed by atoms with Gasteiger partial charge in [0.1, 0.15) is 6.04 Å². The molecule has 0 bridgehead atoms. The minimum Gasteiger partial charge on any atom is -0.464 e. The molecule has 0 unspecified atom stereocenters. The van der Waals surface area contributed by atoms with Gasteiger partial charge in [-0.05, 0) is 19.9 Å². The zero-order chi connectivity index (χ0) is 13.9. The highest BCUT2D eigenvalue weighted by molar-refractivity contribution is 5.73. The van der Waals surface area contributed by atoms with Crippen LogP contribution in [0.15, 0.2) is 23.1 Å². The van der Waals surface area contributed by atoms with Crippen LogP contribution in [-0.2, 0) is 15.7 Å². The number of rotatable bonds is 3. The third-order valence-corrected chi connectivity index (χ3v) is 2.31. The van der Waals surface area contributed by atoms with E-state index in [9.17, 15) is 22.8 Å². The SMILES string of the molecule is CCOC(=O)[C@@H](C)n1cc(C(F)(F)F)ccc1=O. The molecule has 0 aromatic carbocycles. The number of hydrogen-bond donors (Lipinski definition) is 0. The van der Waals surface area contributed by atoms with E-state index in [0.717, 1.165) is 6.07 Å². The summed E-state index contributed by atoms with van der Waals surface area (Å²) in [6.45, 7) is 2.97. The van der Waals surface area contributed by atoms with Crippen molar-refractivity contribution in [2.24, 2.45) is 0 Å². The summed E-state index contributed by atoms with van der Waals surface area (Å²) < 4.78 is 42.8. The first-order valence-corrected chi connectivity index (χ1v) is 5.23. The van der Waals surface area contributed by atoms with Crippen molar-refractivity contribution < 1.29 is 22.7 Å². The van der Waals surface area contributed by atoms with E-state index in [1.165, 1.54) is 6.92 Å². The number of nitrogens with zero attached hydrogens (tertiary/aromatic N) is 1. The first-order valence-electron chi connectivity index (χ1n) is 5.23. The van der Waals surface area contributed by atoms with Crippen LogP contribution in [0.4, 0.5) is 13.2 Å². The van der Waals surface area contributed by atoms with Crippen LogP contribution in [-0.4, -0.2) is 17.1 Å². The van der Waals surface area contributed by atoms with Crippen LogP contribution in [0.3, 0.4) is 0 Å².